The standard InChI is InChI=1S/C31H35N3O5/c1-3-22(17-29(35)36)32-30(37)28(19-34(2)18-21-11-5-4-6-12-21)33-31(38)39-20-27-25-15-9-7-13-23(25)24-14-8-10-16-26(24)27/h4-16,22,27-28H,3,17-20H2,1-2H3,(H,32,37)(H,33,38)(H,35,36)/t22-,28?/m0/s1. The van der Waals surface area contributed by atoms with E-state index < -0.39 is 30.1 Å². The second-order valence-electron chi connectivity index (χ2n) is 9.92. The number of ether oxygens (including phenoxy) is 1. The van der Waals surface area contributed by atoms with E-state index in [9.17, 15) is 19.5 Å². The van der Waals surface area contributed by atoms with Crippen molar-refractivity contribution in [2.45, 2.75) is 44.3 Å². The van der Waals surface area contributed by atoms with Crippen LogP contribution < -0.4 is 10.6 Å². The van der Waals surface area contributed by atoms with Crippen LogP contribution in [0.4, 0.5) is 4.79 Å². The number of carboxylic acid groups (broad SMARTS) is 1. The lowest BCUT2D eigenvalue weighted by atomic mass is 9.98. The average molecular weight is 530 g/mol. The first-order valence-corrected chi connectivity index (χ1v) is 13.2. The third-order valence-electron chi connectivity index (χ3n) is 7.00. The Bertz CT molecular complexity index is 1250. The molecule has 0 aromatic heterocycles. The van der Waals surface area contributed by atoms with Crippen LogP contribution in [0.5, 0.6) is 0 Å². The summed E-state index contributed by atoms with van der Waals surface area (Å²) < 4.78 is 5.67. The van der Waals surface area contributed by atoms with Crippen molar-refractivity contribution in [2.24, 2.45) is 0 Å². The second-order valence-corrected chi connectivity index (χ2v) is 9.92. The molecule has 0 aliphatic heterocycles. The summed E-state index contributed by atoms with van der Waals surface area (Å²) in [5.74, 6) is -1.54. The van der Waals surface area contributed by atoms with Crippen LogP contribution in [-0.4, -0.2) is 60.3 Å². The highest BCUT2D eigenvalue weighted by Crippen LogP contribution is 2.44. The molecule has 3 aromatic carbocycles. The van der Waals surface area contributed by atoms with Crippen LogP contribution in [0.3, 0.4) is 0 Å². The van der Waals surface area contributed by atoms with Crippen molar-refractivity contribution < 1.29 is 24.2 Å². The zero-order chi connectivity index (χ0) is 27.8. The number of benzene rings is 3. The Hall–Kier alpha value is -4.17. The predicted octanol–water partition coefficient (Wildman–Crippen LogP) is 4.40. The number of aliphatic carboxylic acids is 1. The second kappa shape index (κ2) is 13.1. The van der Waals surface area contributed by atoms with Gasteiger partial charge >= 0.3 is 12.1 Å². The maximum Gasteiger partial charge on any atom is 0.407 e. The zero-order valence-corrected chi connectivity index (χ0v) is 22.3. The molecule has 0 bridgehead atoms. The molecule has 3 aromatic rings. The van der Waals surface area contributed by atoms with Crippen molar-refractivity contribution in [1.29, 1.82) is 0 Å². The minimum atomic E-state index is -0.996. The molecule has 0 saturated heterocycles. The molecule has 3 N–H and O–H groups in total. The number of carboxylic acids is 1. The van der Waals surface area contributed by atoms with Crippen molar-refractivity contribution in [3.8, 4) is 11.1 Å². The van der Waals surface area contributed by atoms with Crippen LogP contribution in [0.1, 0.15) is 42.4 Å². The summed E-state index contributed by atoms with van der Waals surface area (Å²) in [6.45, 7) is 2.73. The Labute approximate surface area is 229 Å². The van der Waals surface area contributed by atoms with Crippen LogP contribution in [0.25, 0.3) is 11.1 Å². The van der Waals surface area contributed by atoms with Gasteiger partial charge in [0.2, 0.25) is 5.91 Å². The van der Waals surface area contributed by atoms with Crippen LogP contribution >= 0.6 is 0 Å². The summed E-state index contributed by atoms with van der Waals surface area (Å²) in [6, 6.07) is 24.5. The fourth-order valence-electron chi connectivity index (χ4n) is 5.06. The molecule has 0 spiro atoms. The summed E-state index contributed by atoms with van der Waals surface area (Å²) >= 11 is 0. The van der Waals surface area contributed by atoms with Gasteiger partial charge in [-0.25, -0.2) is 4.79 Å². The Morgan fingerprint density at radius 3 is 2.08 bits per heavy atom. The summed E-state index contributed by atoms with van der Waals surface area (Å²) in [4.78, 5) is 39.3. The minimum absolute atomic E-state index is 0.101. The number of fused-ring (bicyclic) bond motifs is 3. The molecule has 1 unspecified atom stereocenters. The maximum absolute atomic E-state index is 13.2. The van der Waals surface area contributed by atoms with Gasteiger partial charge in [-0.15, -0.1) is 0 Å². The summed E-state index contributed by atoms with van der Waals surface area (Å²) in [5.41, 5.74) is 5.53. The Morgan fingerprint density at radius 1 is 0.897 bits per heavy atom. The molecule has 39 heavy (non-hydrogen) atoms. The van der Waals surface area contributed by atoms with E-state index in [0.717, 1.165) is 27.8 Å². The molecule has 0 fully saturated rings. The number of carbonyl (C=O) groups excluding carboxylic acids is 2. The van der Waals surface area contributed by atoms with Gasteiger partial charge in [0.1, 0.15) is 12.6 Å². The van der Waals surface area contributed by atoms with Gasteiger partial charge in [0, 0.05) is 25.0 Å². The number of hydrogen-bond donors (Lipinski definition) is 3. The highest BCUT2D eigenvalue weighted by Gasteiger charge is 2.30. The molecule has 4 rings (SSSR count). The number of alkyl carbamates (subject to hydrolysis) is 1. The number of rotatable bonds is 12. The molecular formula is C31H35N3O5. The number of likely N-dealkylation sites (N-methyl/N-ethyl adjacent to an activating group) is 1. The van der Waals surface area contributed by atoms with Crippen LogP contribution in [-0.2, 0) is 20.9 Å². The number of nitrogens with zero attached hydrogens (tertiary/aromatic N) is 1. The van der Waals surface area contributed by atoms with Crippen molar-refractivity contribution in [3.63, 3.8) is 0 Å². The van der Waals surface area contributed by atoms with E-state index in [0.29, 0.717) is 13.0 Å². The number of amides is 2. The lowest BCUT2D eigenvalue weighted by Crippen LogP contribution is -2.54. The lowest BCUT2D eigenvalue weighted by Gasteiger charge is -2.26. The average Bonchev–Trinajstić information content (AvgIpc) is 3.25. The normalized spacial score (nSPS) is 13.7. The summed E-state index contributed by atoms with van der Waals surface area (Å²) in [5, 5.41) is 14.7. The molecule has 204 valence electrons. The van der Waals surface area contributed by atoms with Gasteiger partial charge < -0.3 is 20.5 Å². The maximum atomic E-state index is 13.2. The fraction of sp³-hybridized carbons (Fsp3) is 0.323. The molecule has 8 nitrogen and oxygen atoms in total. The van der Waals surface area contributed by atoms with Crippen LogP contribution in [0.2, 0.25) is 0 Å². The summed E-state index contributed by atoms with van der Waals surface area (Å²) in [7, 11) is 1.86. The van der Waals surface area contributed by atoms with E-state index in [1.165, 1.54) is 0 Å². The Morgan fingerprint density at radius 2 is 1.49 bits per heavy atom. The number of nitrogens with one attached hydrogen (secondary N) is 2. The van der Waals surface area contributed by atoms with Gasteiger partial charge in [0.15, 0.2) is 0 Å². The molecule has 2 amide bonds. The molecule has 0 radical (unpaired) electrons. The Balaban J connectivity index is 1.43. The van der Waals surface area contributed by atoms with Gasteiger partial charge in [0.25, 0.3) is 0 Å². The van der Waals surface area contributed by atoms with Crippen molar-refractivity contribution in [1.82, 2.24) is 15.5 Å². The third kappa shape index (κ3) is 7.23. The first-order valence-electron chi connectivity index (χ1n) is 13.2. The third-order valence-corrected chi connectivity index (χ3v) is 7.00. The Kier molecular flexibility index (Phi) is 9.33. The minimum Gasteiger partial charge on any atom is -0.481 e. The molecule has 2 atom stereocenters. The summed E-state index contributed by atoms with van der Waals surface area (Å²) in [6.07, 6.45) is -0.439. The lowest BCUT2D eigenvalue weighted by molar-refractivity contribution is -0.137. The quantitative estimate of drug-likeness (QED) is 0.321. The van der Waals surface area contributed by atoms with Gasteiger partial charge in [-0.1, -0.05) is 85.8 Å². The smallest absolute Gasteiger partial charge is 0.407 e. The fourth-order valence-corrected chi connectivity index (χ4v) is 5.06. The van der Waals surface area contributed by atoms with Gasteiger partial charge in [-0.2, -0.15) is 0 Å². The van der Waals surface area contributed by atoms with Crippen LogP contribution in [0.15, 0.2) is 78.9 Å². The van der Waals surface area contributed by atoms with Gasteiger partial charge in [-0.05, 0) is 41.3 Å². The van der Waals surface area contributed by atoms with Gasteiger partial charge in [0.05, 0.1) is 6.42 Å². The van der Waals surface area contributed by atoms with E-state index >= 15 is 0 Å². The van der Waals surface area contributed by atoms with Crippen molar-refractivity contribution in [2.75, 3.05) is 20.2 Å². The number of carbonyl (C=O) groups is 3. The van der Waals surface area contributed by atoms with E-state index in [4.69, 9.17) is 4.74 Å². The monoisotopic (exact) mass is 529 g/mol. The zero-order valence-electron chi connectivity index (χ0n) is 22.3. The topological polar surface area (TPSA) is 108 Å². The molecule has 0 saturated carbocycles. The predicted molar refractivity (Wildman–Crippen MR) is 149 cm³/mol. The molecule has 8 heteroatoms. The molecule has 0 heterocycles. The van der Waals surface area contributed by atoms with E-state index in [1.54, 1.807) is 0 Å². The number of hydrogen-bond acceptors (Lipinski definition) is 5. The van der Waals surface area contributed by atoms with E-state index in [1.807, 2.05) is 85.6 Å². The first kappa shape index (κ1) is 27.9. The highest BCUT2D eigenvalue weighted by molar-refractivity contribution is 5.86. The molecule has 1 aliphatic carbocycles. The van der Waals surface area contributed by atoms with E-state index in [2.05, 4.69) is 22.8 Å². The SMILES string of the molecule is CC[C@@H](CC(=O)O)NC(=O)C(CN(C)Cc1ccccc1)NC(=O)OCC1c2ccccc2-c2ccccc21. The van der Waals surface area contributed by atoms with Crippen LogP contribution in [0, 0.1) is 0 Å². The highest BCUT2D eigenvalue weighted by atomic mass is 16.5. The molecular weight excluding hydrogens is 494 g/mol. The first-order chi connectivity index (χ1) is 18.9. The van der Waals surface area contributed by atoms with E-state index in [-0.39, 0.29) is 25.5 Å². The van der Waals surface area contributed by atoms with Crippen molar-refractivity contribution >= 4 is 18.0 Å². The largest absolute Gasteiger partial charge is 0.481 e. The van der Waals surface area contributed by atoms with Gasteiger partial charge in [-0.3, -0.25) is 14.5 Å². The molecule has 1 aliphatic rings. The van der Waals surface area contributed by atoms with Crippen molar-refractivity contribution in [3.05, 3.63) is 95.6 Å².